The second-order valence-electron chi connectivity index (χ2n) is 11.8. The number of fused-ring (bicyclic) bond motifs is 11. The van der Waals surface area contributed by atoms with Crippen molar-refractivity contribution in [1.29, 1.82) is 0 Å². The van der Waals surface area contributed by atoms with Crippen LogP contribution in [0.15, 0.2) is 97.1 Å². The van der Waals surface area contributed by atoms with E-state index >= 15 is 0 Å². The summed E-state index contributed by atoms with van der Waals surface area (Å²) >= 11 is 0. The SMILES string of the molecule is C[Si](C)(C)c1ccc2c(c1)B1c3cccc4c5ccccc5n(c34)-c3ccc4c5ccccc5n-2c4c31. The van der Waals surface area contributed by atoms with E-state index in [4.69, 9.17) is 0 Å². The van der Waals surface area contributed by atoms with Crippen LogP contribution >= 0.6 is 0 Å². The first-order valence-corrected chi connectivity index (χ1v) is 16.8. The van der Waals surface area contributed by atoms with Crippen LogP contribution in [0.1, 0.15) is 0 Å². The number of rotatable bonds is 1. The molecule has 0 saturated carbocycles. The third kappa shape index (κ3) is 2.29. The molecule has 2 nitrogen and oxygen atoms in total. The Morgan fingerprint density at radius 2 is 1.16 bits per heavy atom. The standard InChI is InChI=1S/C33H25BN2Si/c1-37(2,3)20-15-17-29-26(19-20)34-25-12-8-11-23-21-9-4-7-14-28(21)36(32(23)25)30-18-16-24-22-10-5-6-13-27(22)35(29)33(24)31(30)34/h4-19H,1-3H3. The Labute approximate surface area is 216 Å². The molecule has 0 aliphatic carbocycles. The molecule has 174 valence electrons. The van der Waals surface area contributed by atoms with Crippen molar-refractivity contribution in [3.63, 3.8) is 0 Å². The first kappa shape index (κ1) is 20.1. The summed E-state index contributed by atoms with van der Waals surface area (Å²) in [7, 11) is -1.50. The summed E-state index contributed by atoms with van der Waals surface area (Å²) in [5.74, 6) is 0. The molecule has 0 fully saturated rings. The number of nitrogens with zero attached hydrogens (tertiary/aromatic N) is 2. The van der Waals surface area contributed by atoms with Gasteiger partial charge >= 0.3 is 0 Å². The maximum atomic E-state index is 2.56. The predicted octanol–water partition coefficient (Wildman–Crippen LogP) is 5.57. The number of hydrogen-bond donors (Lipinski definition) is 0. The van der Waals surface area contributed by atoms with Crippen molar-refractivity contribution in [2.45, 2.75) is 19.6 Å². The highest BCUT2D eigenvalue weighted by Crippen LogP contribution is 2.39. The third-order valence-electron chi connectivity index (χ3n) is 8.86. The van der Waals surface area contributed by atoms with E-state index in [1.807, 2.05) is 0 Å². The fourth-order valence-corrected chi connectivity index (χ4v) is 8.44. The van der Waals surface area contributed by atoms with Gasteiger partial charge < -0.3 is 9.13 Å². The van der Waals surface area contributed by atoms with Crippen LogP contribution in [0.5, 0.6) is 0 Å². The summed E-state index contributed by atoms with van der Waals surface area (Å²) in [6.45, 7) is 7.60. The maximum absolute atomic E-state index is 2.56. The van der Waals surface area contributed by atoms with Crippen LogP contribution in [0.25, 0.3) is 55.0 Å². The van der Waals surface area contributed by atoms with Gasteiger partial charge in [-0.15, -0.1) is 0 Å². The zero-order chi connectivity index (χ0) is 24.6. The largest absolute Gasteiger partial charge is 0.310 e. The van der Waals surface area contributed by atoms with Crippen molar-refractivity contribution < 1.29 is 0 Å². The average Bonchev–Trinajstić information content (AvgIpc) is 3.43. The fourth-order valence-electron chi connectivity index (χ4n) is 7.26. The molecule has 0 amide bonds. The molecule has 7 aromatic rings. The topological polar surface area (TPSA) is 9.86 Å². The molecule has 0 radical (unpaired) electrons. The highest BCUT2D eigenvalue weighted by Gasteiger charge is 2.41. The van der Waals surface area contributed by atoms with Gasteiger partial charge in [0, 0.05) is 38.4 Å². The smallest absolute Gasteiger partial charge is 0.252 e. The van der Waals surface area contributed by atoms with Crippen molar-refractivity contribution in [2.24, 2.45) is 0 Å². The monoisotopic (exact) mass is 488 g/mol. The summed E-state index contributed by atoms with van der Waals surface area (Å²) in [6, 6.07) is 36.9. The zero-order valence-corrected chi connectivity index (χ0v) is 22.2. The van der Waals surface area contributed by atoms with E-state index in [2.05, 4.69) is 126 Å². The first-order valence-electron chi connectivity index (χ1n) is 13.3. The molecule has 2 aliphatic rings. The minimum Gasteiger partial charge on any atom is -0.310 e. The molecule has 0 saturated heterocycles. The Hall–Kier alpha value is -4.02. The molecule has 2 aromatic heterocycles. The number of para-hydroxylation sites is 3. The van der Waals surface area contributed by atoms with Crippen molar-refractivity contribution in [3.8, 4) is 11.4 Å². The lowest BCUT2D eigenvalue weighted by Crippen LogP contribution is -2.60. The van der Waals surface area contributed by atoms with Gasteiger partial charge in [-0.3, -0.25) is 0 Å². The maximum Gasteiger partial charge on any atom is 0.252 e. The normalized spacial score (nSPS) is 13.8. The summed E-state index contributed by atoms with van der Waals surface area (Å²) in [5.41, 5.74) is 12.3. The highest BCUT2D eigenvalue weighted by molar-refractivity contribution is 7.01. The second-order valence-corrected chi connectivity index (χ2v) is 16.9. The van der Waals surface area contributed by atoms with Crippen molar-refractivity contribution in [2.75, 3.05) is 0 Å². The minimum atomic E-state index is -1.50. The number of hydrogen-bond acceptors (Lipinski definition) is 0. The fraction of sp³-hybridized carbons (Fsp3) is 0.0909. The van der Waals surface area contributed by atoms with Crippen LogP contribution in [-0.4, -0.2) is 23.9 Å². The lowest BCUT2D eigenvalue weighted by Gasteiger charge is -2.34. The van der Waals surface area contributed by atoms with Crippen LogP contribution in [0.3, 0.4) is 0 Å². The van der Waals surface area contributed by atoms with Crippen LogP contribution < -0.4 is 21.6 Å². The van der Waals surface area contributed by atoms with Gasteiger partial charge in [0.2, 0.25) is 0 Å². The van der Waals surface area contributed by atoms with Crippen molar-refractivity contribution in [1.82, 2.24) is 9.13 Å². The molecule has 4 heteroatoms. The van der Waals surface area contributed by atoms with E-state index < -0.39 is 8.07 Å². The van der Waals surface area contributed by atoms with Crippen LogP contribution in [0, 0.1) is 0 Å². The van der Waals surface area contributed by atoms with Gasteiger partial charge in [0.1, 0.15) is 0 Å². The van der Waals surface area contributed by atoms with E-state index in [1.165, 1.54) is 76.6 Å². The molecule has 5 aromatic carbocycles. The quantitative estimate of drug-likeness (QED) is 0.268. The Morgan fingerprint density at radius 1 is 0.541 bits per heavy atom. The van der Waals surface area contributed by atoms with E-state index in [-0.39, 0.29) is 6.71 Å². The van der Waals surface area contributed by atoms with Crippen LogP contribution in [-0.2, 0) is 0 Å². The van der Waals surface area contributed by atoms with E-state index in [9.17, 15) is 0 Å². The molecule has 0 bridgehead atoms. The van der Waals surface area contributed by atoms with E-state index in [0.29, 0.717) is 0 Å². The van der Waals surface area contributed by atoms with E-state index in [0.717, 1.165) is 0 Å². The summed E-state index contributed by atoms with van der Waals surface area (Å²) in [5, 5.41) is 6.90. The Balaban J connectivity index is 1.57. The molecular formula is C33H25BN2Si. The van der Waals surface area contributed by atoms with Gasteiger partial charge in [0.25, 0.3) is 6.71 Å². The zero-order valence-electron chi connectivity index (χ0n) is 21.2. The van der Waals surface area contributed by atoms with Gasteiger partial charge in [0.05, 0.1) is 24.6 Å². The van der Waals surface area contributed by atoms with Crippen LogP contribution in [0.4, 0.5) is 0 Å². The molecule has 0 unspecified atom stereocenters. The molecular weight excluding hydrogens is 463 g/mol. The molecule has 0 N–H and O–H groups in total. The molecule has 0 atom stereocenters. The molecule has 0 spiro atoms. The van der Waals surface area contributed by atoms with Gasteiger partial charge in [-0.1, -0.05) is 97.6 Å². The minimum absolute atomic E-state index is 0.224. The van der Waals surface area contributed by atoms with E-state index in [1.54, 1.807) is 0 Å². The first-order chi connectivity index (χ1) is 18.0. The predicted molar refractivity (Wildman–Crippen MR) is 163 cm³/mol. The average molecular weight is 488 g/mol. The molecule has 2 aliphatic heterocycles. The Kier molecular flexibility index (Phi) is 3.50. The molecule has 37 heavy (non-hydrogen) atoms. The van der Waals surface area contributed by atoms with Gasteiger partial charge in [-0.25, -0.2) is 0 Å². The van der Waals surface area contributed by atoms with Gasteiger partial charge in [-0.05, 0) is 40.7 Å². The Bertz CT molecular complexity index is 2140. The summed E-state index contributed by atoms with van der Waals surface area (Å²) in [6.07, 6.45) is 0. The summed E-state index contributed by atoms with van der Waals surface area (Å²) < 4.78 is 5.10. The molecule has 4 heterocycles. The Morgan fingerprint density at radius 3 is 1.89 bits per heavy atom. The summed E-state index contributed by atoms with van der Waals surface area (Å²) in [4.78, 5) is 0. The van der Waals surface area contributed by atoms with Gasteiger partial charge in [0.15, 0.2) is 0 Å². The molecule has 9 rings (SSSR count). The third-order valence-corrected chi connectivity index (χ3v) is 10.9. The van der Waals surface area contributed by atoms with Crippen molar-refractivity contribution in [3.05, 3.63) is 97.1 Å². The van der Waals surface area contributed by atoms with Gasteiger partial charge in [-0.2, -0.15) is 0 Å². The van der Waals surface area contributed by atoms with Crippen molar-refractivity contribution >= 4 is 80.0 Å². The number of benzene rings is 5. The van der Waals surface area contributed by atoms with Crippen LogP contribution in [0.2, 0.25) is 19.6 Å². The number of aromatic nitrogens is 2. The highest BCUT2D eigenvalue weighted by atomic mass is 28.3. The second kappa shape index (κ2) is 6.45. The lowest BCUT2D eigenvalue weighted by molar-refractivity contribution is 1.16. The lowest BCUT2D eigenvalue weighted by atomic mass is 9.34.